The van der Waals surface area contributed by atoms with E-state index in [1.807, 2.05) is 0 Å². The zero-order chi connectivity index (χ0) is 15.3. The third kappa shape index (κ3) is 4.22. The van der Waals surface area contributed by atoms with Crippen LogP contribution in [0.2, 0.25) is 0 Å². The summed E-state index contributed by atoms with van der Waals surface area (Å²) >= 11 is 0. The highest BCUT2D eigenvalue weighted by atomic mass is 19.3. The lowest BCUT2D eigenvalue weighted by Crippen LogP contribution is -2.51. The maximum Gasteiger partial charge on any atom is 0.328 e. The third-order valence-corrected chi connectivity index (χ3v) is 3.52. The van der Waals surface area contributed by atoms with Gasteiger partial charge < -0.3 is 9.84 Å². The average molecular weight is 299 g/mol. The lowest BCUT2D eigenvalue weighted by Gasteiger charge is -2.31. The number of hydrogen-bond acceptors (Lipinski definition) is 3. The first-order chi connectivity index (χ1) is 10.0. The average Bonchev–Trinajstić information content (AvgIpc) is 3.26. The Kier molecular flexibility index (Phi) is 5.25. The molecule has 0 amide bonds. The van der Waals surface area contributed by atoms with Gasteiger partial charge in [0.1, 0.15) is 12.1 Å². The summed E-state index contributed by atoms with van der Waals surface area (Å²) in [6.07, 6.45) is -0.577. The summed E-state index contributed by atoms with van der Waals surface area (Å²) in [5, 5.41) is 12.8. The summed E-state index contributed by atoms with van der Waals surface area (Å²) in [5.41, 5.74) is -0.671. The van der Waals surface area contributed by atoms with E-state index in [0.29, 0.717) is 5.56 Å². The predicted octanol–water partition coefficient (Wildman–Crippen LogP) is 2.39. The maximum absolute atomic E-state index is 12.1. The van der Waals surface area contributed by atoms with Gasteiger partial charge >= 0.3 is 5.97 Å². The Balaban J connectivity index is 2.13. The molecule has 1 atom stereocenters. The van der Waals surface area contributed by atoms with Gasteiger partial charge in [-0.05, 0) is 18.4 Å². The predicted molar refractivity (Wildman–Crippen MR) is 73.4 cm³/mol. The Hall–Kier alpha value is -1.53. The number of carbonyl (C=O) groups is 1. The number of ether oxygens (including phenoxy) is 1. The van der Waals surface area contributed by atoms with Crippen molar-refractivity contribution in [2.75, 3.05) is 13.2 Å². The van der Waals surface area contributed by atoms with Crippen LogP contribution in [0.5, 0.6) is 0 Å². The summed E-state index contributed by atoms with van der Waals surface area (Å²) in [4.78, 5) is 11.8. The molecule has 6 heteroatoms. The van der Waals surface area contributed by atoms with E-state index in [2.05, 4.69) is 5.32 Å². The van der Waals surface area contributed by atoms with Crippen molar-refractivity contribution in [3.05, 3.63) is 35.9 Å². The molecule has 116 valence electrons. The first kappa shape index (κ1) is 15.9. The summed E-state index contributed by atoms with van der Waals surface area (Å²) in [5.74, 6) is -1.01. The largest absolute Gasteiger partial charge is 0.480 e. The Bertz CT molecular complexity index is 465. The molecule has 0 spiro atoms. The van der Waals surface area contributed by atoms with Crippen LogP contribution >= 0.6 is 0 Å². The second-order valence-corrected chi connectivity index (χ2v) is 5.21. The smallest absolute Gasteiger partial charge is 0.328 e. The van der Waals surface area contributed by atoms with Crippen LogP contribution in [0.15, 0.2) is 30.3 Å². The van der Waals surface area contributed by atoms with Crippen molar-refractivity contribution in [3.63, 3.8) is 0 Å². The minimum Gasteiger partial charge on any atom is -0.480 e. The van der Waals surface area contributed by atoms with E-state index in [0.717, 1.165) is 12.8 Å². The van der Waals surface area contributed by atoms with Gasteiger partial charge in [0.15, 0.2) is 0 Å². The van der Waals surface area contributed by atoms with Crippen LogP contribution in [0.25, 0.3) is 0 Å². The van der Waals surface area contributed by atoms with Crippen LogP contribution in [-0.4, -0.2) is 36.8 Å². The van der Waals surface area contributed by atoms with Gasteiger partial charge in [-0.3, -0.25) is 5.32 Å². The standard InChI is InChI=1S/C15H19F2NO3/c16-13(17)10-21-9-8-15(14(19)20,18-12-6-7-12)11-4-2-1-3-5-11/h1-5,12-13,18H,6-10H2,(H,19,20). The third-order valence-electron chi connectivity index (χ3n) is 3.52. The number of halogens is 2. The van der Waals surface area contributed by atoms with Gasteiger partial charge in [0, 0.05) is 19.1 Å². The van der Waals surface area contributed by atoms with Crippen molar-refractivity contribution >= 4 is 5.97 Å². The molecule has 1 aromatic rings. The van der Waals surface area contributed by atoms with Crippen molar-refractivity contribution in [3.8, 4) is 0 Å². The molecule has 1 aromatic carbocycles. The minimum atomic E-state index is -2.54. The molecule has 1 saturated carbocycles. The van der Waals surface area contributed by atoms with Crippen LogP contribution in [0.3, 0.4) is 0 Å². The van der Waals surface area contributed by atoms with E-state index in [-0.39, 0.29) is 19.1 Å². The molecule has 0 aliphatic heterocycles. The summed E-state index contributed by atoms with van der Waals surface area (Å²) in [6, 6.07) is 8.97. The van der Waals surface area contributed by atoms with Crippen molar-refractivity contribution in [2.24, 2.45) is 0 Å². The number of hydrogen-bond donors (Lipinski definition) is 2. The Labute approximate surface area is 122 Å². The van der Waals surface area contributed by atoms with Gasteiger partial charge in [-0.1, -0.05) is 30.3 Å². The first-order valence-corrected chi connectivity index (χ1v) is 6.97. The molecular weight excluding hydrogens is 280 g/mol. The molecule has 1 aliphatic carbocycles. The highest BCUT2D eigenvalue weighted by Crippen LogP contribution is 2.31. The van der Waals surface area contributed by atoms with E-state index in [4.69, 9.17) is 4.74 Å². The van der Waals surface area contributed by atoms with E-state index < -0.39 is 24.5 Å². The molecule has 0 saturated heterocycles. The molecule has 1 aliphatic rings. The number of benzene rings is 1. The molecule has 4 nitrogen and oxygen atoms in total. The van der Waals surface area contributed by atoms with Crippen LogP contribution in [-0.2, 0) is 15.1 Å². The summed E-state index contributed by atoms with van der Waals surface area (Å²) < 4.78 is 29.1. The van der Waals surface area contributed by atoms with Crippen molar-refractivity contribution in [1.29, 1.82) is 0 Å². The Morgan fingerprint density at radius 3 is 2.57 bits per heavy atom. The second-order valence-electron chi connectivity index (χ2n) is 5.21. The lowest BCUT2D eigenvalue weighted by molar-refractivity contribution is -0.146. The number of aliphatic carboxylic acids is 1. The van der Waals surface area contributed by atoms with Crippen molar-refractivity contribution < 1.29 is 23.4 Å². The number of nitrogens with one attached hydrogen (secondary N) is 1. The second kappa shape index (κ2) is 6.95. The fourth-order valence-electron chi connectivity index (χ4n) is 2.29. The first-order valence-electron chi connectivity index (χ1n) is 6.97. The Morgan fingerprint density at radius 1 is 1.38 bits per heavy atom. The Morgan fingerprint density at radius 2 is 2.05 bits per heavy atom. The molecule has 2 N–H and O–H groups in total. The van der Waals surface area contributed by atoms with Crippen LogP contribution in [0.4, 0.5) is 8.78 Å². The van der Waals surface area contributed by atoms with Gasteiger partial charge in [-0.15, -0.1) is 0 Å². The molecular formula is C15H19F2NO3. The fraction of sp³-hybridized carbons (Fsp3) is 0.533. The maximum atomic E-state index is 12.1. The van der Waals surface area contributed by atoms with Crippen molar-refractivity contribution in [1.82, 2.24) is 5.32 Å². The number of rotatable bonds is 9. The summed E-state index contributed by atoms with van der Waals surface area (Å²) in [7, 11) is 0. The van der Waals surface area contributed by atoms with E-state index in [1.54, 1.807) is 30.3 Å². The molecule has 1 fully saturated rings. The number of alkyl halides is 2. The molecule has 21 heavy (non-hydrogen) atoms. The summed E-state index contributed by atoms with van der Waals surface area (Å²) in [6.45, 7) is -0.709. The SMILES string of the molecule is O=C(O)C(CCOCC(F)F)(NC1CC1)c1ccccc1. The highest BCUT2D eigenvalue weighted by molar-refractivity contribution is 5.81. The monoisotopic (exact) mass is 299 g/mol. The molecule has 1 unspecified atom stereocenters. The number of carboxylic acid groups (broad SMARTS) is 1. The van der Waals surface area contributed by atoms with E-state index in [1.165, 1.54) is 0 Å². The molecule has 0 bridgehead atoms. The van der Waals surface area contributed by atoms with Crippen LogP contribution in [0.1, 0.15) is 24.8 Å². The molecule has 0 heterocycles. The van der Waals surface area contributed by atoms with Gasteiger partial charge in [0.25, 0.3) is 6.43 Å². The quantitative estimate of drug-likeness (QED) is 0.687. The van der Waals surface area contributed by atoms with Crippen molar-refractivity contribution in [2.45, 2.75) is 37.3 Å². The van der Waals surface area contributed by atoms with Gasteiger partial charge in [0.2, 0.25) is 0 Å². The van der Waals surface area contributed by atoms with Crippen LogP contribution < -0.4 is 5.32 Å². The van der Waals surface area contributed by atoms with E-state index in [9.17, 15) is 18.7 Å². The number of carboxylic acids is 1. The lowest BCUT2D eigenvalue weighted by atomic mass is 9.86. The normalized spacial score (nSPS) is 17.7. The van der Waals surface area contributed by atoms with Gasteiger partial charge in [0.05, 0.1) is 0 Å². The van der Waals surface area contributed by atoms with Gasteiger partial charge in [-0.2, -0.15) is 0 Å². The van der Waals surface area contributed by atoms with Gasteiger partial charge in [-0.25, -0.2) is 13.6 Å². The topological polar surface area (TPSA) is 58.6 Å². The molecule has 0 radical (unpaired) electrons. The highest BCUT2D eigenvalue weighted by Gasteiger charge is 2.43. The fourth-order valence-corrected chi connectivity index (χ4v) is 2.29. The zero-order valence-corrected chi connectivity index (χ0v) is 11.6. The molecule has 0 aromatic heterocycles. The molecule has 2 rings (SSSR count). The van der Waals surface area contributed by atoms with Crippen LogP contribution in [0, 0.1) is 0 Å². The minimum absolute atomic E-state index is 0.0365. The van der Waals surface area contributed by atoms with E-state index >= 15 is 0 Å². The zero-order valence-electron chi connectivity index (χ0n) is 11.6.